The van der Waals surface area contributed by atoms with Gasteiger partial charge in [-0.3, -0.25) is 4.79 Å². The van der Waals surface area contributed by atoms with Gasteiger partial charge in [-0.25, -0.2) is 4.39 Å². The van der Waals surface area contributed by atoms with Crippen LogP contribution in [0.2, 0.25) is 0 Å². The minimum Gasteiger partial charge on any atom is -0.512 e. The van der Waals surface area contributed by atoms with Gasteiger partial charge in [-0.1, -0.05) is 33.6 Å². The summed E-state index contributed by atoms with van der Waals surface area (Å²) in [7, 11) is 0. The summed E-state index contributed by atoms with van der Waals surface area (Å²) in [5.74, 6) is -0.651. The highest BCUT2D eigenvalue weighted by Gasteiger charge is 2.34. The lowest BCUT2D eigenvalue weighted by atomic mass is 9.66. The molecular weight excluding hydrogens is 267 g/mol. The van der Waals surface area contributed by atoms with Crippen molar-refractivity contribution in [1.82, 2.24) is 0 Å². The molecule has 3 heteroatoms. The molecule has 0 aromatic rings. The minimum absolute atomic E-state index is 0.00537. The van der Waals surface area contributed by atoms with Crippen LogP contribution in [0.1, 0.15) is 72.6 Å². The predicted octanol–water partition coefficient (Wildman–Crippen LogP) is 5.38. The van der Waals surface area contributed by atoms with Crippen molar-refractivity contribution in [3.05, 3.63) is 11.8 Å². The molecule has 0 aliphatic heterocycles. The van der Waals surface area contributed by atoms with Gasteiger partial charge in [0, 0.05) is 17.9 Å². The minimum atomic E-state index is -1.13. The molecule has 2 atom stereocenters. The van der Waals surface area contributed by atoms with Gasteiger partial charge in [-0.05, 0) is 44.4 Å². The second-order valence-electron chi connectivity index (χ2n) is 6.65. The van der Waals surface area contributed by atoms with Crippen LogP contribution in [-0.4, -0.2) is 17.1 Å². The van der Waals surface area contributed by atoms with E-state index in [0.29, 0.717) is 11.8 Å². The number of hydrogen-bond acceptors (Lipinski definition) is 2. The molecule has 122 valence electrons. The Bertz CT molecular complexity index is 359. The van der Waals surface area contributed by atoms with Crippen LogP contribution in [0.25, 0.3) is 0 Å². The summed E-state index contributed by atoms with van der Waals surface area (Å²) < 4.78 is 13.4. The van der Waals surface area contributed by atoms with Gasteiger partial charge in [0.25, 0.3) is 0 Å². The number of carbonyl (C=O) groups is 1. The molecule has 0 radical (unpaired) electrons. The summed E-state index contributed by atoms with van der Waals surface area (Å²) in [6.45, 7) is 7.71. The van der Waals surface area contributed by atoms with Gasteiger partial charge in [-0.15, -0.1) is 0 Å². The Kier molecular flexibility index (Phi) is 6.89. The lowest BCUT2D eigenvalue weighted by Crippen LogP contribution is -2.29. The summed E-state index contributed by atoms with van der Waals surface area (Å²) in [6.07, 6.45) is 6.97. The maximum Gasteiger partial charge on any atom is 0.162 e. The molecule has 1 aliphatic rings. The van der Waals surface area contributed by atoms with Crippen LogP contribution in [0.4, 0.5) is 4.39 Å². The first-order valence-corrected chi connectivity index (χ1v) is 8.47. The fourth-order valence-corrected chi connectivity index (χ4v) is 3.61. The Hall–Kier alpha value is -0.860. The van der Waals surface area contributed by atoms with E-state index in [1.54, 1.807) is 0 Å². The molecular formula is C18H31FO2. The SMILES string of the molecule is CCC(C(O)=CC(=O)C1CCC(CC)(CC)CC1)C(C)F. The van der Waals surface area contributed by atoms with Crippen molar-refractivity contribution in [2.45, 2.75) is 78.8 Å². The Balaban J connectivity index is 2.66. The van der Waals surface area contributed by atoms with Gasteiger partial charge in [-0.2, -0.15) is 0 Å². The van der Waals surface area contributed by atoms with Gasteiger partial charge in [0.05, 0.1) is 0 Å². The summed E-state index contributed by atoms with van der Waals surface area (Å²) >= 11 is 0. The van der Waals surface area contributed by atoms with Crippen molar-refractivity contribution in [2.24, 2.45) is 17.3 Å². The number of aliphatic hydroxyl groups is 1. The predicted molar refractivity (Wildman–Crippen MR) is 85.0 cm³/mol. The molecule has 0 spiro atoms. The van der Waals surface area contributed by atoms with E-state index in [2.05, 4.69) is 13.8 Å². The fraction of sp³-hybridized carbons (Fsp3) is 0.833. The van der Waals surface area contributed by atoms with E-state index in [1.165, 1.54) is 25.8 Å². The number of carbonyl (C=O) groups excluding carboxylic acids is 1. The first kappa shape index (κ1) is 18.2. The van der Waals surface area contributed by atoms with Gasteiger partial charge in [0.15, 0.2) is 5.78 Å². The Morgan fingerprint density at radius 2 is 1.81 bits per heavy atom. The Morgan fingerprint density at radius 1 is 1.29 bits per heavy atom. The third-order valence-electron chi connectivity index (χ3n) is 5.61. The molecule has 1 saturated carbocycles. The maximum atomic E-state index is 13.4. The normalized spacial score (nSPS) is 22.8. The van der Waals surface area contributed by atoms with Crippen LogP contribution in [-0.2, 0) is 4.79 Å². The van der Waals surface area contributed by atoms with Gasteiger partial charge >= 0.3 is 0 Å². The molecule has 2 nitrogen and oxygen atoms in total. The summed E-state index contributed by atoms with van der Waals surface area (Å²) in [5, 5.41) is 9.98. The Morgan fingerprint density at radius 3 is 2.19 bits per heavy atom. The second-order valence-corrected chi connectivity index (χ2v) is 6.65. The van der Waals surface area contributed by atoms with Gasteiger partial charge in [0.2, 0.25) is 0 Å². The van der Waals surface area contributed by atoms with E-state index >= 15 is 0 Å². The van der Waals surface area contributed by atoms with Crippen LogP contribution in [0.15, 0.2) is 11.8 Å². The zero-order valence-electron chi connectivity index (χ0n) is 14.0. The number of aliphatic hydroxyl groups excluding tert-OH is 1. The molecule has 1 fully saturated rings. The standard InChI is InChI=1S/C18H31FO2/c1-5-15(13(4)19)17(21)12-16(20)14-8-10-18(6-2,7-3)11-9-14/h12-15,21H,5-11H2,1-4H3. The molecule has 0 bridgehead atoms. The molecule has 2 unspecified atom stereocenters. The zero-order valence-corrected chi connectivity index (χ0v) is 14.0. The third-order valence-corrected chi connectivity index (χ3v) is 5.61. The van der Waals surface area contributed by atoms with Crippen LogP contribution in [0.3, 0.4) is 0 Å². The first-order valence-electron chi connectivity index (χ1n) is 8.47. The van der Waals surface area contributed by atoms with Crippen molar-refractivity contribution >= 4 is 5.78 Å². The number of rotatable bonds is 7. The van der Waals surface area contributed by atoms with Crippen molar-refractivity contribution in [3.8, 4) is 0 Å². The van der Waals surface area contributed by atoms with Crippen LogP contribution < -0.4 is 0 Å². The van der Waals surface area contributed by atoms with E-state index in [4.69, 9.17) is 0 Å². The quantitative estimate of drug-likeness (QED) is 0.506. The van der Waals surface area contributed by atoms with E-state index in [9.17, 15) is 14.3 Å². The smallest absolute Gasteiger partial charge is 0.162 e. The van der Waals surface area contributed by atoms with Crippen LogP contribution >= 0.6 is 0 Å². The largest absolute Gasteiger partial charge is 0.512 e. The molecule has 21 heavy (non-hydrogen) atoms. The Labute approximate surface area is 128 Å². The van der Waals surface area contributed by atoms with E-state index in [0.717, 1.165) is 25.7 Å². The molecule has 0 saturated heterocycles. The second kappa shape index (κ2) is 7.95. The fourth-order valence-electron chi connectivity index (χ4n) is 3.61. The maximum absolute atomic E-state index is 13.4. The first-order chi connectivity index (χ1) is 9.89. The van der Waals surface area contributed by atoms with Crippen molar-refractivity contribution in [3.63, 3.8) is 0 Å². The van der Waals surface area contributed by atoms with E-state index in [1.807, 2.05) is 6.92 Å². The molecule has 0 aromatic heterocycles. The number of alkyl halides is 1. The molecule has 0 amide bonds. The van der Waals surface area contributed by atoms with Crippen LogP contribution in [0, 0.1) is 17.3 Å². The van der Waals surface area contributed by atoms with Crippen LogP contribution in [0.5, 0.6) is 0 Å². The number of allylic oxidation sites excluding steroid dienone is 2. The van der Waals surface area contributed by atoms with E-state index < -0.39 is 12.1 Å². The molecule has 1 aliphatic carbocycles. The lowest BCUT2D eigenvalue weighted by Gasteiger charge is -2.38. The lowest BCUT2D eigenvalue weighted by molar-refractivity contribution is -0.120. The highest BCUT2D eigenvalue weighted by atomic mass is 19.1. The topological polar surface area (TPSA) is 37.3 Å². The third kappa shape index (κ3) is 4.55. The summed E-state index contributed by atoms with van der Waals surface area (Å²) in [5.41, 5.74) is 0.405. The molecule has 0 aromatic carbocycles. The number of halogens is 1. The molecule has 1 N–H and O–H groups in total. The van der Waals surface area contributed by atoms with Crippen molar-refractivity contribution in [1.29, 1.82) is 0 Å². The molecule has 0 heterocycles. The summed E-state index contributed by atoms with van der Waals surface area (Å²) in [6, 6.07) is 0. The number of ketones is 1. The van der Waals surface area contributed by atoms with E-state index in [-0.39, 0.29) is 17.5 Å². The highest BCUT2D eigenvalue weighted by molar-refractivity contribution is 5.92. The van der Waals surface area contributed by atoms with Gasteiger partial charge < -0.3 is 5.11 Å². The zero-order chi connectivity index (χ0) is 16.0. The van der Waals surface area contributed by atoms with Crippen molar-refractivity contribution in [2.75, 3.05) is 0 Å². The average Bonchev–Trinajstić information content (AvgIpc) is 2.47. The summed E-state index contributed by atoms with van der Waals surface area (Å²) in [4.78, 5) is 12.3. The monoisotopic (exact) mass is 298 g/mol. The van der Waals surface area contributed by atoms with Gasteiger partial charge in [0.1, 0.15) is 11.9 Å². The van der Waals surface area contributed by atoms with Crippen molar-refractivity contribution < 1.29 is 14.3 Å². The number of hydrogen-bond donors (Lipinski definition) is 1. The average molecular weight is 298 g/mol. The highest BCUT2D eigenvalue weighted by Crippen LogP contribution is 2.44. The molecule has 1 rings (SSSR count).